The first-order valence-electron chi connectivity index (χ1n) is 9.90. The van der Waals surface area contributed by atoms with Crippen molar-refractivity contribution >= 4 is 29.3 Å². The zero-order chi connectivity index (χ0) is 21.6. The SMILES string of the molecule is Cc1ccc(-c2ccc(/C=C/C(=O)Nc3ccc(Cc4ccncc4)cc3)o2)cc1Cl. The summed E-state index contributed by atoms with van der Waals surface area (Å²) in [5.41, 5.74) is 5.01. The van der Waals surface area contributed by atoms with Crippen LogP contribution >= 0.6 is 11.6 Å². The number of aromatic nitrogens is 1. The summed E-state index contributed by atoms with van der Waals surface area (Å²) in [5.74, 6) is 1.07. The van der Waals surface area contributed by atoms with Crippen molar-refractivity contribution in [2.45, 2.75) is 13.3 Å². The minimum Gasteiger partial charge on any atom is -0.457 e. The Hall–Kier alpha value is -3.63. The average molecular weight is 429 g/mol. The van der Waals surface area contributed by atoms with Crippen molar-refractivity contribution in [2.75, 3.05) is 5.32 Å². The van der Waals surface area contributed by atoms with E-state index in [1.807, 2.05) is 73.7 Å². The number of hydrogen-bond donors (Lipinski definition) is 1. The number of amides is 1. The number of anilines is 1. The van der Waals surface area contributed by atoms with Crippen molar-refractivity contribution in [3.8, 4) is 11.3 Å². The Balaban J connectivity index is 1.35. The van der Waals surface area contributed by atoms with Crippen LogP contribution in [0.15, 0.2) is 89.6 Å². The minimum atomic E-state index is -0.224. The highest BCUT2D eigenvalue weighted by Gasteiger charge is 2.06. The molecule has 1 N–H and O–H groups in total. The highest BCUT2D eigenvalue weighted by molar-refractivity contribution is 6.31. The van der Waals surface area contributed by atoms with E-state index in [2.05, 4.69) is 10.3 Å². The van der Waals surface area contributed by atoms with E-state index < -0.39 is 0 Å². The van der Waals surface area contributed by atoms with Gasteiger partial charge in [-0.25, -0.2) is 0 Å². The molecule has 4 rings (SSSR count). The summed E-state index contributed by atoms with van der Waals surface area (Å²) in [7, 11) is 0. The van der Waals surface area contributed by atoms with Crippen LogP contribution in [0.3, 0.4) is 0 Å². The number of pyridine rings is 1. The fourth-order valence-corrected chi connectivity index (χ4v) is 3.31. The first-order valence-corrected chi connectivity index (χ1v) is 10.3. The maximum atomic E-state index is 12.3. The van der Waals surface area contributed by atoms with E-state index in [1.165, 1.54) is 17.2 Å². The van der Waals surface area contributed by atoms with Crippen LogP contribution in [0.4, 0.5) is 5.69 Å². The summed E-state index contributed by atoms with van der Waals surface area (Å²) in [6.07, 6.45) is 7.49. The van der Waals surface area contributed by atoms with Gasteiger partial charge >= 0.3 is 0 Å². The third kappa shape index (κ3) is 5.50. The molecule has 31 heavy (non-hydrogen) atoms. The van der Waals surface area contributed by atoms with E-state index in [-0.39, 0.29) is 5.91 Å². The van der Waals surface area contributed by atoms with Gasteiger partial charge in [0.2, 0.25) is 5.91 Å². The Morgan fingerprint density at radius 3 is 2.48 bits per heavy atom. The molecule has 4 nitrogen and oxygen atoms in total. The van der Waals surface area contributed by atoms with Gasteiger partial charge in [0.15, 0.2) is 0 Å². The average Bonchev–Trinajstić information content (AvgIpc) is 3.25. The topological polar surface area (TPSA) is 55.1 Å². The van der Waals surface area contributed by atoms with Crippen molar-refractivity contribution in [2.24, 2.45) is 0 Å². The fourth-order valence-electron chi connectivity index (χ4n) is 3.13. The summed E-state index contributed by atoms with van der Waals surface area (Å²) in [6, 6.07) is 21.3. The third-order valence-corrected chi connectivity index (χ3v) is 5.27. The van der Waals surface area contributed by atoms with E-state index in [0.717, 1.165) is 23.2 Å². The minimum absolute atomic E-state index is 0.224. The monoisotopic (exact) mass is 428 g/mol. The molecule has 1 amide bonds. The third-order valence-electron chi connectivity index (χ3n) is 4.86. The molecule has 2 aromatic carbocycles. The molecular formula is C26H21ClN2O2. The van der Waals surface area contributed by atoms with Crippen LogP contribution in [-0.4, -0.2) is 10.9 Å². The summed E-state index contributed by atoms with van der Waals surface area (Å²) in [5, 5.41) is 3.55. The zero-order valence-corrected chi connectivity index (χ0v) is 17.8. The molecule has 2 aromatic heterocycles. The van der Waals surface area contributed by atoms with E-state index >= 15 is 0 Å². The Bertz CT molecular complexity index is 1210. The summed E-state index contributed by atoms with van der Waals surface area (Å²) in [4.78, 5) is 16.3. The molecule has 0 spiro atoms. The van der Waals surface area contributed by atoms with Crippen molar-refractivity contribution in [3.05, 3.63) is 113 Å². The summed E-state index contributed by atoms with van der Waals surface area (Å²) in [6.45, 7) is 1.95. The number of aryl methyl sites for hydroxylation is 1. The Labute approximate surface area is 186 Å². The quantitative estimate of drug-likeness (QED) is 0.354. The van der Waals surface area contributed by atoms with Gasteiger partial charge in [0.25, 0.3) is 0 Å². The van der Waals surface area contributed by atoms with Gasteiger partial charge in [-0.15, -0.1) is 0 Å². The Kier molecular flexibility index (Phi) is 6.29. The van der Waals surface area contributed by atoms with Crippen LogP contribution in [0.25, 0.3) is 17.4 Å². The predicted octanol–water partition coefficient (Wildman–Crippen LogP) is 6.55. The van der Waals surface area contributed by atoms with Crippen molar-refractivity contribution in [1.29, 1.82) is 0 Å². The lowest BCUT2D eigenvalue weighted by Crippen LogP contribution is -2.07. The summed E-state index contributed by atoms with van der Waals surface area (Å²) >= 11 is 6.19. The van der Waals surface area contributed by atoms with Crippen LogP contribution in [0, 0.1) is 6.92 Å². The van der Waals surface area contributed by atoms with Gasteiger partial charge in [-0.3, -0.25) is 9.78 Å². The molecule has 0 radical (unpaired) electrons. The highest BCUT2D eigenvalue weighted by Crippen LogP contribution is 2.27. The van der Waals surface area contributed by atoms with E-state index in [4.69, 9.17) is 16.0 Å². The van der Waals surface area contributed by atoms with Gasteiger partial charge in [-0.1, -0.05) is 35.9 Å². The van der Waals surface area contributed by atoms with E-state index in [9.17, 15) is 4.79 Å². The standard InChI is InChI=1S/C26H21ClN2O2/c1-18-2-5-21(17-24(18)27)25-10-8-23(31-25)9-11-26(30)29-22-6-3-19(4-7-22)16-20-12-14-28-15-13-20/h2-15,17H,16H2,1H3,(H,29,30)/b11-9+. The number of carbonyl (C=O) groups is 1. The number of carbonyl (C=O) groups excluding carboxylic acids is 1. The second-order valence-electron chi connectivity index (χ2n) is 7.22. The smallest absolute Gasteiger partial charge is 0.248 e. The summed E-state index contributed by atoms with van der Waals surface area (Å²) < 4.78 is 5.81. The van der Waals surface area contributed by atoms with Gasteiger partial charge in [0.05, 0.1) is 0 Å². The van der Waals surface area contributed by atoms with Crippen LogP contribution in [0.1, 0.15) is 22.5 Å². The lowest BCUT2D eigenvalue weighted by molar-refractivity contribution is -0.111. The van der Waals surface area contributed by atoms with Crippen molar-refractivity contribution in [3.63, 3.8) is 0 Å². The van der Waals surface area contributed by atoms with Gasteiger partial charge in [0.1, 0.15) is 11.5 Å². The molecule has 0 aliphatic heterocycles. The van der Waals surface area contributed by atoms with E-state index in [0.29, 0.717) is 16.5 Å². The number of furan rings is 1. The van der Waals surface area contributed by atoms with Gasteiger partial charge < -0.3 is 9.73 Å². The van der Waals surface area contributed by atoms with Crippen molar-refractivity contribution in [1.82, 2.24) is 4.98 Å². The van der Waals surface area contributed by atoms with Crippen LogP contribution in [-0.2, 0) is 11.2 Å². The second-order valence-corrected chi connectivity index (χ2v) is 7.62. The molecule has 5 heteroatoms. The largest absolute Gasteiger partial charge is 0.457 e. The lowest BCUT2D eigenvalue weighted by atomic mass is 10.1. The first kappa shape index (κ1) is 20.6. The Morgan fingerprint density at radius 2 is 1.74 bits per heavy atom. The van der Waals surface area contributed by atoms with Gasteiger partial charge in [-0.2, -0.15) is 0 Å². The van der Waals surface area contributed by atoms with Crippen LogP contribution in [0.5, 0.6) is 0 Å². The zero-order valence-electron chi connectivity index (χ0n) is 17.0. The molecule has 0 saturated carbocycles. The number of hydrogen-bond acceptors (Lipinski definition) is 3. The second kappa shape index (κ2) is 9.45. The Morgan fingerprint density at radius 1 is 1.00 bits per heavy atom. The lowest BCUT2D eigenvalue weighted by Gasteiger charge is -2.05. The maximum Gasteiger partial charge on any atom is 0.248 e. The number of nitrogens with zero attached hydrogens (tertiary/aromatic N) is 1. The molecule has 0 fully saturated rings. The number of nitrogens with one attached hydrogen (secondary N) is 1. The maximum absolute atomic E-state index is 12.3. The van der Waals surface area contributed by atoms with Gasteiger partial charge in [-0.05, 0) is 78.6 Å². The number of halogens is 1. The molecule has 0 aliphatic rings. The van der Waals surface area contributed by atoms with E-state index in [1.54, 1.807) is 18.5 Å². The van der Waals surface area contributed by atoms with Crippen LogP contribution < -0.4 is 5.32 Å². The number of rotatable bonds is 6. The van der Waals surface area contributed by atoms with Crippen molar-refractivity contribution < 1.29 is 9.21 Å². The molecular weight excluding hydrogens is 408 g/mol. The molecule has 0 aliphatic carbocycles. The highest BCUT2D eigenvalue weighted by atomic mass is 35.5. The molecule has 0 unspecified atom stereocenters. The number of benzene rings is 2. The van der Waals surface area contributed by atoms with Gasteiger partial charge in [0, 0.05) is 34.7 Å². The molecule has 0 bridgehead atoms. The molecule has 4 aromatic rings. The normalized spacial score (nSPS) is 11.0. The predicted molar refractivity (Wildman–Crippen MR) is 125 cm³/mol. The fraction of sp³-hybridized carbons (Fsp3) is 0.0769. The molecule has 0 saturated heterocycles. The van der Waals surface area contributed by atoms with Crippen LogP contribution in [0.2, 0.25) is 5.02 Å². The molecule has 154 valence electrons. The molecule has 2 heterocycles. The molecule has 0 atom stereocenters. The first-order chi connectivity index (χ1) is 15.1.